The number of nitrogens with two attached hydrogens (primary N) is 1. The molecule has 3 nitrogen and oxygen atoms in total. The Labute approximate surface area is 112 Å². The maximum absolute atomic E-state index is 9.35. The monoisotopic (exact) mass is 272 g/mol. The Kier molecular flexibility index (Phi) is 2.67. The van der Waals surface area contributed by atoms with Crippen LogP contribution in [0.1, 0.15) is 5.56 Å². The van der Waals surface area contributed by atoms with Gasteiger partial charge in [-0.1, -0.05) is 12.1 Å². The first-order valence-corrected chi connectivity index (χ1v) is 6.97. The van der Waals surface area contributed by atoms with Gasteiger partial charge in [0.15, 0.2) is 5.76 Å². The van der Waals surface area contributed by atoms with Crippen LogP contribution in [-0.4, -0.2) is 0 Å². The van der Waals surface area contributed by atoms with Crippen molar-refractivity contribution in [1.29, 1.82) is 5.26 Å². The number of nitrogen functional groups attached to an aromatic ring is 1. The van der Waals surface area contributed by atoms with Gasteiger partial charge in [0.2, 0.25) is 5.88 Å². The number of hydrogen-bond acceptors (Lipinski definition) is 5. The quantitative estimate of drug-likeness (QED) is 0.760. The van der Waals surface area contributed by atoms with E-state index >= 15 is 0 Å². The topological polar surface area (TPSA) is 63.0 Å². The van der Waals surface area contributed by atoms with Crippen LogP contribution in [0, 0.1) is 11.3 Å². The van der Waals surface area contributed by atoms with Gasteiger partial charge in [-0.3, -0.25) is 0 Å². The molecule has 18 heavy (non-hydrogen) atoms. The molecule has 88 valence electrons. The van der Waals surface area contributed by atoms with Crippen molar-refractivity contribution < 1.29 is 4.42 Å². The first-order chi connectivity index (χ1) is 8.81. The van der Waals surface area contributed by atoms with E-state index < -0.39 is 0 Å². The molecule has 0 radical (unpaired) electrons. The summed E-state index contributed by atoms with van der Waals surface area (Å²) in [6.07, 6.45) is 0. The second kappa shape index (κ2) is 4.33. The van der Waals surface area contributed by atoms with Crippen LogP contribution in [0.5, 0.6) is 0 Å². The van der Waals surface area contributed by atoms with Crippen molar-refractivity contribution in [1.82, 2.24) is 0 Å². The molecule has 3 aromatic rings. The van der Waals surface area contributed by atoms with Gasteiger partial charge >= 0.3 is 0 Å². The van der Waals surface area contributed by atoms with Crippen molar-refractivity contribution in [2.24, 2.45) is 0 Å². The number of thiophene rings is 2. The fraction of sp³-hybridized carbons (Fsp3) is 0. The van der Waals surface area contributed by atoms with Crippen molar-refractivity contribution in [3.63, 3.8) is 0 Å². The molecule has 3 rings (SSSR count). The predicted molar refractivity (Wildman–Crippen MR) is 74.5 cm³/mol. The van der Waals surface area contributed by atoms with Crippen molar-refractivity contribution in [2.45, 2.75) is 0 Å². The zero-order chi connectivity index (χ0) is 12.5. The first-order valence-electron chi connectivity index (χ1n) is 5.21. The summed E-state index contributed by atoms with van der Waals surface area (Å²) < 4.78 is 5.58. The van der Waals surface area contributed by atoms with Crippen LogP contribution < -0.4 is 5.73 Å². The molecule has 3 aromatic heterocycles. The van der Waals surface area contributed by atoms with Crippen LogP contribution in [0.4, 0.5) is 5.88 Å². The molecule has 0 aliphatic carbocycles. The number of hydrogen-bond donors (Lipinski definition) is 1. The molecule has 0 spiro atoms. The average molecular weight is 272 g/mol. The van der Waals surface area contributed by atoms with E-state index in [0.717, 1.165) is 9.75 Å². The molecule has 0 saturated carbocycles. The van der Waals surface area contributed by atoms with E-state index in [1.165, 1.54) is 11.3 Å². The number of nitrogens with zero attached hydrogens (tertiary/aromatic N) is 1. The minimum absolute atomic E-state index is 0.303. The second-order valence-electron chi connectivity index (χ2n) is 3.61. The Morgan fingerprint density at radius 1 is 1.11 bits per heavy atom. The molecule has 0 saturated heterocycles. The van der Waals surface area contributed by atoms with Gasteiger partial charge < -0.3 is 10.2 Å². The third-order valence-corrected chi connectivity index (χ3v) is 4.32. The third-order valence-electron chi connectivity index (χ3n) is 2.56. The van der Waals surface area contributed by atoms with E-state index in [1.807, 2.05) is 35.0 Å². The molecule has 0 unspecified atom stereocenters. The van der Waals surface area contributed by atoms with E-state index in [1.54, 1.807) is 11.3 Å². The SMILES string of the molecule is N#Cc1c(-c2cccs2)oc(N)c1-c1cccs1. The van der Waals surface area contributed by atoms with Crippen LogP contribution in [0.25, 0.3) is 21.1 Å². The number of nitriles is 1. The third kappa shape index (κ3) is 1.63. The van der Waals surface area contributed by atoms with Gasteiger partial charge in [-0.25, -0.2) is 0 Å². The van der Waals surface area contributed by atoms with Crippen molar-refractivity contribution >= 4 is 28.6 Å². The van der Waals surface area contributed by atoms with E-state index in [-0.39, 0.29) is 0 Å². The highest BCUT2D eigenvalue weighted by Crippen LogP contribution is 2.42. The lowest BCUT2D eigenvalue weighted by atomic mass is 10.1. The molecule has 0 bridgehead atoms. The van der Waals surface area contributed by atoms with Crippen LogP contribution in [0.2, 0.25) is 0 Å². The molecule has 5 heteroatoms. The van der Waals surface area contributed by atoms with Gasteiger partial charge in [-0.05, 0) is 22.9 Å². The standard InChI is InChI=1S/C13H8N2OS2/c14-7-8-11(9-3-1-5-17-9)13(15)16-12(8)10-4-2-6-18-10/h1-6H,15H2. The molecule has 0 aliphatic heterocycles. The smallest absolute Gasteiger partial charge is 0.201 e. The van der Waals surface area contributed by atoms with E-state index in [2.05, 4.69) is 6.07 Å². The fourth-order valence-electron chi connectivity index (χ4n) is 1.80. The lowest BCUT2D eigenvalue weighted by Crippen LogP contribution is -1.84. The summed E-state index contributed by atoms with van der Waals surface area (Å²) in [7, 11) is 0. The fourth-order valence-corrected chi connectivity index (χ4v) is 3.30. The first kappa shape index (κ1) is 11.1. The zero-order valence-corrected chi connectivity index (χ0v) is 10.8. The van der Waals surface area contributed by atoms with E-state index in [4.69, 9.17) is 10.2 Å². The molecule has 0 aliphatic rings. The normalized spacial score (nSPS) is 10.4. The minimum Gasteiger partial charge on any atom is -0.438 e. The van der Waals surface area contributed by atoms with Gasteiger partial charge in [0.05, 0.1) is 10.4 Å². The van der Waals surface area contributed by atoms with Crippen LogP contribution >= 0.6 is 22.7 Å². The van der Waals surface area contributed by atoms with Crippen LogP contribution in [-0.2, 0) is 0 Å². The highest BCUT2D eigenvalue weighted by molar-refractivity contribution is 7.14. The molecular weight excluding hydrogens is 264 g/mol. The zero-order valence-electron chi connectivity index (χ0n) is 9.21. The summed E-state index contributed by atoms with van der Waals surface area (Å²) in [6, 6.07) is 9.91. The predicted octanol–water partition coefficient (Wildman–Crippen LogP) is 4.19. The highest BCUT2D eigenvalue weighted by atomic mass is 32.1. The lowest BCUT2D eigenvalue weighted by Gasteiger charge is -1.93. The molecule has 0 fully saturated rings. The molecule has 0 amide bonds. The van der Waals surface area contributed by atoms with Gasteiger partial charge in [0, 0.05) is 4.88 Å². The second-order valence-corrected chi connectivity index (χ2v) is 5.51. The minimum atomic E-state index is 0.303. The summed E-state index contributed by atoms with van der Waals surface area (Å²) in [5, 5.41) is 13.3. The summed E-state index contributed by atoms with van der Waals surface area (Å²) >= 11 is 3.07. The molecule has 0 aromatic carbocycles. The van der Waals surface area contributed by atoms with Gasteiger partial charge in [0.25, 0.3) is 0 Å². The van der Waals surface area contributed by atoms with Crippen molar-refractivity contribution in [3.8, 4) is 27.1 Å². The molecule has 2 N–H and O–H groups in total. The Hall–Kier alpha value is -2.03. The summed E-state index contributed by atoms with van der Waals surface area (Å²) in [4.78, 5) is 1.87. The summed E-state index contributed by atoms with van der Waals surface area (Å²) in [6.45, 7) is 0. The molecule has 3 heterocycles. The molecule has 0 atom stereocenters. The average Bonchev–Trinajstić information content (AvgIpc) is 3.08. The number of rotatable bonds is 2. The Balaban J connectivity index is 2.26. The summed E-state index contributed by atoms with van der Waals surface area (Å²) in [5.41, 5.74) is 7.12. The number of furan rings is 1. The number of anilines is 1. The van der Waals surface area contributed by atoms with Crippen molar-refractivity contribution in [3.05, 3.63) is 40.6 Å². The molecular formula is C13H8N2OS2. The Bertz CT molecular complexity index is 703. The highest BCUT2D eigenvalue weighted by Gasteiger charge is 2.22. The van der Waals surface area contributed by atoms with Gasteiger partial charge in [-0.15, -0.1) is 22.7 Å². The maximum Gasteiger partial charge on any atom is 0.201 e. The largest absolute Gasteiger partial charge is 0.438 e. The van der Waals surface area contributed by atoms with E-state index in [9.17, 15) is 5.26 Å². The van der Waals surface area contributed by atoms with Gasteiger partial charge in [-0.2, -0.15) is 5.26 Å². The Morgan fingerprint density at radius 2 is 1.78 bits per heavy atom. The lowest BCUT2D eigenvalue weighted by molar-refractivity contribution is 0.604. The van der Waals surface area contributed by atoms with Crippen LogP contribution in [0.15, 0.2) is 39.4 Å². The van der Waals surface area contributed by atoms with Gasteiger partial charge in [0.1, 0.15) is 11.6 Å². The Morgan fingerprint density at radius 3 is 2.33 bits per heavy atom. The van der Waals surface area contributed by atoms with E-state index in [0.29, 0.717) is 22.8 Å². The summed E-state index contributed by atoms with van der Waals surface area (Å²) in [5.74, 6) is 0.866. The van der Waals surface area contributed by atoms with Crippen LogP contribution in [0.3, 0.4) is 0 Å². The van der Waals surface area contributed by atoms with Crippen molar-refractivity contribution in [2.75, 3.05) is 5.73 Å². The maximum atomic E-state index is 9.35.